The number of likely N-dealkylation sites (N-methyl/N-ethyl adjacent to an activating group) is 1. The molecule has 0 saturated heterocycles. The van der Waals surface area contributed by atoms with Crippen molar-refractivity contribution in [3.8, 4) is 9.88 Å². The van der Waals surface area contributed by atoms with Gasteiger partial charge in [-0.25, -0.2) is 9.78 Å². The molecule has 3 aromatic rings. The van der Waals surface area contributed by atoms with Gasteiger partial charge in [0.15, 0.2) is 11.8 Å². The molecule has 1 atom stereocenters. The van der Waals surface area contributed by atoms with Crippen molar-refractivity contribution in [2.75, 3.05) is 11.9 Å². The first-order chi connectivity index (χ1) is 12.1. The maximum Gasteiger partial charge on any atom is 0.358 e. The molecule has 0 bridgehead atoms. The van der Waals surface area contributed by atoms with Crippen molar-refractivity contribution in [1.82, 2.24) is 4.98 Å². The van der Waals surface area contributed by atoms with E-state index < -0.39 is 12.1 Å². The zero-order chi connectivity index (χ0) is 17.8. The molecule has 0 N–H and O–H groups in total. The van der Waals surface area contributed by atoms with Gasteiger partial charge in [-0.2, -0.15) is 0 Å². The first kappa shape index (κ1) is 17.3. The van der Waals surface area contributed by atoms with Crippen molar-refractivity contribution < 1.29 is 14.3 Å². The zero-order valence-corrected chi connectivity index (χ0v) is 15.3. The Kier molecular flexibility index (Phi) is 5.25. The van der Waals surface area contributed by atoms with Gasteiger partial charge in [-0.05, 0) is 30.5 Å². The van der Waals surface area contributed by atoms with E-state index in [1.165, 1.54) is 16.2 Å². The summed E-state index contributed by atoms with van der Waals surface area (Å²) in [6.45, 7) is 1.56. The largest absolute Gasteiger partial charge is 0.448 e. The Morgan fingerprint density at radius 1 is 1.12 bits per heavy atom. The van der Waals surface area contributed by atoms with E-state index in [9.17, 15) is 9.59 Å². The summed E-state index contributed by atoms with van der Waals surface area (Å²) in [5, 5.41) is 4.37. The summed E-state index contributed by atoms with van der Waals surface area (Å²) in [6, 6.07) is 13.1. The van der Waals surface area contributed by atoms with Crippen LogP contribution in [0.5, 0.6) is 0 Å². The Hall–Kier alpha value is -2.51. The van der Waals surface area contributed by atoms with Crippen LogP contribution in [0.1, 0.15) is 17.4 Å². The Morgan fingerprint density at radius 3 is 2.56 bits per heavy atom. The Labute approximate surface area is 153 Å². The standard InChI is InChI=1S/C18H16N2O3S2/c1-12(17(21)20(2)13-7-4-3-5-8-13)23-18(22)14-11-25-16(19-14)15-9-6-10-24-15/h3-12H,1-2H3/t12-/m1/s1. The number of hydrogen-bond donors (Lipinski definition) is 0. The van der Waals surface area contributed by atoms with Crippen LogP contribution >= 0.6 is 22.7 Å². The van der Waals surface area contributed by atoms with Crippen LogP contribution in [0.25, 0.3) is 9.88 Å². The van der Waals surface area contributed by atoms with E-state index in [-0.39, 0.29) is 11.6 Å². The summed E-state index contributed by atoms with van der Waals surface area (Å²) in [6.07, 6.45) is -0.899. The van der Waals surface area contributed by atoms with Crippen molar-refractivity contribution in [2.45, 2.75) is 13.0 Å². The number of thiophene rings is 1. The van der Waals surface area contributed by atoms with E-state index >= 15 is 0 Å². The van der Waals surface area contributed by atoms with Crippen molar-refractivity contribution in [3.05, 3.63) is 58.9 Å². The van der Waals surface area contributed by atoms with Gasteiger partial charge in [-0.15, -0.1) is 22.7 Å². The molecule has 3 rings (SSSR count). The van der Waals surface area contributed by atoms with Crippen molar-refractivity contribution in [2.24, 2.45) is 0 Å². The molecule has 1 aromatic carbocycles. The van der Waals surface area contributed by atoms with Gasteiger partial charge in [0, 0.05) is 18.1 Å². The molecule has 5 nitrogen and oxygen atoms in total. The number of esters is 1. The molecule has 0 unspecified atom stereocenters. The Balaban J connectivity index is 1.65. The van der Waals surface area contributed by atoms with Crippen LogP contribution in [-0.2, 0) is 9.53 Å². The summed E-state index contributed by atoms with van der Waals surface area (Å²) < 4.78 is 5.29. The lowest BCUT2D eigenvalue weighted by Crippen LogP contribution is -2.37. The van der Waals surface area contributed by atoms with Crippen molar-refractivity contribution in [3.63, 3.8) is 0 Å². The van der Waals surface area contributed by atoms with Crippen LogP contribution in [0.4, 0.5) is 5.69 Å². The number of thiazole rings is 1. The Bertz CT molecular complexity index is 860. The third-order valence-corrected chi connectivity index (χ3v) is 5.43. The van der Waals surface area contributed by atoms with Gasteiger partial charge in [0.05, 0.1) is 4.88 Å². The number of benzene rings is 1. The van der Waals surface area contributed by atoms with E-state index in [1.54, 1.807) is 30.7 Å². The second kappa shape index (κ2) is 7.58. The van der Waals surface area contributed by atoms with E-state index in [2.05, 4.69) is 4.98 Å². The molecule has 0 fully saturated rings. The number of ether oxygens (including phenoxy) is 1. The monoisotopic (exact) mass is 372 g/mol. The van der Waals surface area contributed by atoms with Gasteiger partial charge >= 0.3 is 5.97 Å². The van der Waals surface area contributed by atoms with Crippen LogP contribution < -0.4 is 4.90 Å². The van der Waals surface area contributed by atoms with Gasteiger partial charge in [0.25, 0.3) is 5.91 Å². The van der Waals surface area contributed by atoms with Crippen LogP contribution in [0.2, 0.25) is 0 Å². The van der Waals surface area contributed by atoms with Crippen molar-refractivity contribution >= 4 is 40.2 Å². The fourth-order valence-corrected chi connectivity index (χ4v) is 3.81. The van der Waals surface area contributed by atoms with Gasteiger partial charge in [-0.3, -0.25) is 4.79 Å². The first-order valence-corrected chi connectivity index (χ1v) is 9.35. The van der Waals surface area contributed by atoms with Crippen LogP contribution in [0.3, 0.4) is 0 Å². The lowest BCUT2D eigenvalue weighted by molar-refractivity contribution is -0.126. The number of nitrogens with zero attached hydrogens (tertiary/aromatic N) is 2. The molecule has 0 radical (unpaired) electrons. The smallest absolute Gasteiger partial charge is 0.358 e. The van der Waals surface area contributed by atoms with Crippen LogP contribution in [0.15, 0.2) is 53.2 Å². The third-order valence-electron chi connectivity index (χ3n) is 3.55. The number of amides is 1. The van der Waals surface area contributed by atoms with E-state index in [1.807, 2.05) is 47.8 Å². The number of carbonyl (C=O) groups excluding carboxylic acids is 2. The van der Waals surface area contributed by atoms with E-state index in [4.69, 9.17) is 4.74 Å². The number of rotatable bonds is 5. The molecule has 2 aromatic heterocycles. The highest BCUT2D eigenvalue weighted by Gasteiger charge is 2.24. The molecule has 0 aliphatic heterocycles. The molecule has 25 heavy (non-hydrogen) atoms. The minimum atomic E-state index is -0.899. The zero-order valence-electron chi connectivity index (χ0n) is 13.7. The number of aromatic nitrogens is 1. The lowest BCUT2D eigenvalue weighted by atomic mass is 10.2. The molecule has 7 heteroatoms. The normalized spacial score (nSPS) is 11.8. The highest BCUT2D eigenvalue weighted by Crippen LogP contribution is 2.28. The van der Waals surface area contributed by atoms with Gasteiger partial charge < -0.3 is 9.64 Å². The predicted octanol–water partition coefficient (Wildman–Crippen LogP) is 4.08. The molecular weight excluding hydrogens is 356 g/mol. The molecule has 0 aliphatic rings. The quantitative estimate of drug-likeness (QED) is 0.633. The average molecular weight is 372 g/mol. The molecule has 128 valence electrons. The van der Waals surface area contributed by atoms with Crippen molar-refractivity contribution in [1.29, 1.82) is 0 Å². The van der Waals surface area contributed by atoms with Gasteiger partial charge in [0.1, 0.15) is 5.01 Å². The predicted molar refractivity (Wildman–Crippen MR) is 100 cm³/mol. The highest BCUT2D eigenvalue weighted by molar-refractivity contribution is 7.20. The maximum absolute atomic E-state index is 12.4. The summed E-state index contributed by atoms with van der Waals surface area (Å²) in [4.78, 5) is 31.5. The molecule has 2 heterocycles. The topological polar surface area (TPSA) is 59.5 Å². The van der Waals surface area contributed by atoms with Gasteiger partial charge in [0.2, 0.25) is 0 Å². The first-order valence-electron chi connectivity index (χ1n) is 7.59. The summed E-state index contributed by atoms with van der Waals surface area (Å²) >= 11 is 2.93. The number of carbonyl (C=O) groups is 2. The summed E-state index contributed by atoms with van der Waals surface area (Å²) in [7, 11) is 1.65. The Morgan fingerprint density at radius 2 is 1.88 bits per heavy atom. The summed E-state index contributed by atoms with van der Waals surface area (Å²) in [5.74, 6) is -0.894. The summed E-state index contributed by atoms with van der Waals surface area (Å²) in [5.41, 5.74) is 0.958. The lowest BCUT2D eigenvalue weighted by Gasteiger charge is -2.21. The molecule has 0 saturated carbocycles. The second-order valence-corrected chi connectivity index (χ2v) is 7.10. The SMILES string of the molecule is C[C@@H](OC(=O)c1csc(-c2cccs2)n1)C(=O)N(C)c1ccccc1. The fourth-order valence-electron chi connectivity index (χ4n) is 2.20. The van der Waals surface area contributed by atoms with Crippen LogP contribution in [-0.4, -0.2) is 30.0 Å². The third kappa shape index (κ3) is 3.94. The molecule has 0 aliphatic carbocycles. The fraction of sp³-hybridized carbons (Fsp3) is 0.167. The van der Waals surface area contributed by atoms with E-state index in [0.29, 0.717) is 0 Å². The molecule has 0 spiro atoms. The number of hydrogen-bond acceptors (Lipinski definition) is 6. The van der Waals surface area contributed by atoms with Crippen LogP contribution in [0, 0.1) is 0 Å². The highest BCUT2D eigenvalue weighted by atomic mass is 32.1. The minimum absolute atomic E-state index is 0.218. The minimum Gasteiger partial charge on any atom is -0.448 e. The number of para-hydroxylation sites is 1. The van der Waals surface area contributed by atoms with E-state index in [0.717, 1.165) is 15.6 Å². The molecular formula is C18H16N2O3S2. The second-order valence-electron chi connectivity index (χ2n) is 5.30. The van der Waals surface area contributed by atoms with Gasteiger partial charge in [-0.1, -0.05) is 24.3 Å². The maximum atomic E-state index is 12.4. The number of anilines is 1. The average Bonchev–Trinajstić information content (AvgIpc) is 3.32. The molecule has 1 amide bonds.